The van der Waals surface area contributed by atoms with Crippen molar-refractivity contribution in [3.05, 3.63) is 77.6 Å². The maximum absolute atomic E-state index is 13.8. The van der Waals surface area contributed by atoms with Crippen molar-refractivity contribution < 1.29 is 13.2 Å². The Labute approximate surface area is 209 Å². The molecular weight excluding hydrogens is 441 g/mol. The maximum atomic E-state index is 13.8. The topological polar surface area (TPSA) is 0 Å². The lowest BCUT2D eigenvalue weighted by Gasteiger charge is -2.37. The minimum atomic E-state index is -1.42. The van der Waals surface area contributed by atoms with Crippen molar-refractivity contribution in [3.8, 4) is 11.1 Å². The fourth-order valence-electron chi connectivity index (χ4n) is 6.20. The molecule has 0 unspecified atom stereocenters. The minimum absolute atomic E-state index is 0.361. The summed E-state index contributed by atoms with van der Waals surface area (Å²) in [7, 11) is 0. The van der Waals surface area contributed by atoms with E-state index in [4.69, 9.17) is 0 Å². The van der Waals surface area contributed by atoms with Crippen LogP contribution in [0.2, 0.25) is 0 Å². The second-order valence-electron chi connectivity index (χ2n) is 10.8. The van der Waals surface area contributed by atoms with Gasteiger partial charge in [-0.05, 0) is 110 Å². The lowest BCUT2D eigenvalue weighted by atomic mass is 9.68. The Bertz CT molecular complexity index is 998. The number of benzene rings is 2. The molecule has 2 aliphatic rings. The number of allylic oxidation sites excluding steroid dienone is 2. The molecule has 0 amide bonds. The molecular formula is C32H39F3. The molecule has 2 fully saturated rings. The van der Waals surface area contributed by atoms with E-state index in [2.05, 4.69) is 25.7 Å². The normalized spacial score (nSPS) is 25.1. The molecule has 0 aromatic heterocycles. The maximum Gasteiger partial charge on any atom is 0.194 e. The first-order valence-electron chi connectivity index (χ1n) is 13.5. The van der Waals surface area contributed by atoms with E-state index in [1.807, 2.05) is 24.3 Å². The first kappa shape index (κ1) is 25.8. The van der Waals surface area contributed by atoms with Gasteiger partial charge in [0, 0.05) is 0 Å². The zero-order valence-electron chi connectivity index (χ0n) is 21.0. The Balaban J connectivity index is 1.30. The van der Waals surface area contributed by atoms with E-state index in [0.717, 1.165) is 47.4 Å². The van der Waals surface area contributed by atoms with Crippen LogP contribution in [-0.2, 0) is 0 Å². The van der Waals surface area contributed by atoms with Crippen molar-refractivity contribution >= 4 is 6.08 Å². The summed E-state index contributed by atoms with van der Waals surface area (Å²) in [5.74, 6) is -0.530. The molecule has 0 radical (unpaired) electrons. The van der Waals surface area contributed by atoms with E-state index < -0.39 is 17.5 Å². The molecule has 0 N–H and O–H groups in total. The van der Waals surface area contributed by atoms with Crippen molar-refractivity contribution in [3.63, 3.8) is 0 Å². The Kier molecular flexibility index (Phi) is 8.92. The van der Waals surface area contributed by atoms with Crippen molar-refractivity contribution in [1.82, 2.24) is 0 Å². The van der Waals surface area contributed by atoms with Crippen LogP contribution in [0.15, 0.2) is 54.6 Å². The molecule has 0 spiro atoms. The first-order chi connectivity index (χ1) is 16.9. The van der Waals surface area contributed by atoms with Crippen LogP contribution >= 0.6 is 0 Å². The summed E-state index contributed by atoms with van der Waals surface area (Å²) in [5, 5.41) is 0. The van der Waals surface area contributed by atoms with Gasteiger partial charge in [-0.15, -0.1) is 0 Å². The van der Waals surface area contributed by atoms with Crippen LogP contribution in [0.25, 0.3) is 17.2 Å². The molecule has 2 aromatic carbocycles. The van der Waals surface area contributed by atoms with Crippen LogP contribution < -0.4 is 0 Å². The summed E-state index contributed by atoms with van der Waals surface area (Å²) in [5.41, 5.74) is 3.39. The highest BCUT2D eigenvalue weighted by Crippen LogP contribution is 2.43. The summed E-state index contributed by atoms with van der Waals surface area (Å²) < 4.78 is 41.0. The van der Waals surface area contributed by atoms with E-state index in [9.17, 15) is 13.2 Å². The van der Waals surface area contributed by atoms with Crippen molar-refractivity contribution in [2.75, 3.05) is 0 Å². The predicted molar refractivity (Wildman–Crippen MR) is 140 cm³/mol. The third-order valence-electron chi connectivity index (χ3n) is 8.58. The molecule has 4 rings (SSSR count). The Morgan fingerprint density at radius 2 is 1.49 bits per heavy atom. The highest BCUT2D eigenvalue weighted by atomic mass is 19.2. The summed E-state index contributed by atoms with van der Waals surface area (Å²) in [4.78, 5) is 0. The van der Waals surface area contributed by atoms with Crippen LogP contribution in [0.4, 0.5) is 13.2 Å². The summed E-state index contributed by atoms with van der Waals surface area (Å²) in [6.45, 7) is 6.37. The molecule has 2 aliphatic carbocycles. The Hall–Kier alpha value is -2.29. The standard InChI is InChI=1S/C32H39F3/c1-3-22(2)8-9-23-10-15-25(16-11-23)26-17-12-24(13-18-26)14-19-27-6-4-5-7-29(27)28-20-30(33)32(35)31(34)21-28/h4-7,14,19-21,23-26H,2-3,8-13,15-18H2,1H3. The van der Waals surface area contributed by atoms with Gasteiger partial charge < -0.3 is 0 Å². The third-order valence-corrected chi connectivity index (χ3v) is 8.58. The number of rotatable bonds is 8. The fourth-order valence-corrected chi connectivity index (χ4v) is 6.20. The monoisotopic (exact) mass is 480 g/mol. The lowest BCUT2D eigenvalue weighted by Crippen LogP contribution is -2.25. The van der Waals surface area contributed by atoms with Gasteiger partial charge in [-0.1, -0.05) is 68.3 Å². The van der Waals surface area contributed by atoms with E-state index in [-0.39, 0.29) is 0 Å². The van der Waals surface area contributed by atoms with Gasteiger partial charge in [0.2, 0.25) is 0 Å². The molecule has 35 heavy (non-hydrogen) atoms. The highest BCUT2D eigenvalue weighted by molar-refractivity contribution is 5.75. The SMILES string of the molecule is C=C(CC)CCC1CCC(C2CCC(C=Cc3ccccc3-c3cc(F)c(F)c(F)c3)CC2)CC1. The van der Waals surface area contributed by atoms with Gasteiger partial charge in [-0.2, -0.15) is 0 Å². The highest BCUT2D eigenvalue weighted by Gasteiger charge is 2.30. The van der Waals surface area contributed by atoms with Gasteiger partial charge in [0.05, 0.1) is 0 Å². The molecule has 2 saturated carbocycles. The van der Waals surface area contributed by atoms with E-state index in [0.29, 0.717) is 11.5 Å². The summed E-state index contributed by atoms with van der Waals surface area (Å²) >= 11 is 0. The molecule has 0 heterocycles. The van der Waals surface area contributed by atoms with Gasteiger partial charge in [0.25, 0.3) is 0 Å². The van der Waals surface area contributed by atoms with Crippen molar-refractivity contribution in [2.24, 2.45) is 23.7 Å². The van der Waals surface area contributed by atoms with Crippen LogP contribution in [-0.4, -0.2) is 0 Å². The Morgan fingerprint density at radius 1 is 0.886 bits per heavy atom. The van der Waals surface area contributed by atoms with E-state index in [1.165, 1.54) is 69.8 Å². The quantitative estimate of drug-likeness (QED) is 0.260. The van der Waals surface area contributed by atoms with Gasteiger partial charge >= 0.3 is 0 Å². The zero-order valence-corrected chi connectivity index (χ0v) is 21.0. The van der Waals surface area contributed by atoms with Crippen LogP contribution in [0.5, 0.6) is 0 Å². The molecule has 0 aliphatic heterocycles. The first-order valence-corrected chi connectivity index (χ1v) is 13.5. The van der Waals surface area contributed by atoms with Gasteiger partial charge in [0.1, 0.15) is 0 Å². The largest absolute Gasteiger partial charge is 0.204 e. The lowest BCUT2D eigenvalue weighted by molar-refractivity contribution is 0.153. The Morgan fingerprint density at radius 3 is 2.11 bits per heavy atom. The molecule has 2 aromatic rings. The predicted octanol–water partition coefficient (Wildman–Crippen LogP) is 10.1. The fraction of sp³-hybridized carbons (Fsp3) is 0.500. The average molecular weight is 481 g/mol. The second kappa shape index (κ2) is 12.1. The summed E-state index contributed by atoms with van der Waals surface area (Å²) in [6.07, 6.45) is 18.6. The molecule has 0 bridgehead atoms. The van der Waals surface area contributed by atoms with Gasteiger partial charge in [-0.3, -0.25) is 0 Å². The van der Waals surface area contributed by atoms with Crippen molar-refractivity contribution in [2.45, 2.75) is 77.6 Å². The third kappa shape index (κ3) is 6.68. The molecule has 0 atom stereocenters. The molecule has 3 heteroatoms. The zero-order chi connectivity index (χ0) is 24.8. The molecule has 188 valence electrons. The minimum Gasteiger partial charge on any atom is -0.204 e. The number of hydrogen-bond donors (Lipinski definition) is 0. The van der Waals surface area contributed by atoms with Gasteiger partial charge in [-0.25, -0.2) is 13.2 Å². The smallest absolute Gasteiger partial charge is 0.194 e. The molecule has 0 nitrogen and oxygen atoms in total. The molecule has 0 saturated heterocycles. The summed E-state index contributed by atoms with van der Waals surface area (Å²) in [6, 6.07) is 9.69. The van der Waals surface area contributed by atoms with Crippen LogP contribution in [0.1, 0.15) is 83.1 Å². The van der Waals surface area contributed by atoms with Crippen molar-refractivity contribution in [1.29, 1.82) is 0 Å². The second-order valence-corrected chi connectivity index (χ2v) is 10.8. The average Bonchev–Trinajstić information content (AvgIpc) is 2.89. The number of halogens is 3. The van der Waals surface area contributed by atoms with Gasteiger partial charge in [0.15, 0.2) is 17.5 Å². The number of hydrogen-bond acceptors (Lipinski definition) is 0. The van der Waals surface area contributed by atoms with E-state index >= 15 is 0 Å². The van der Waals surface area contributed by atoms with Crippen LogP contribution in [0, 0.1) is 41.1 Å². The van der Waals surface area contributed by atoms with Crippen LogP contribution in [0.3, 0.4) is 0 Å². The van der Waals surface area contributed by atoms with E-state index in [1.54, 1.807) is 0 Å².